The minimum atomic E-state index is -0.453. The predicted octanol–water partition coefficient (Wildman–Crippen LogP) is 3.22. The molecule has 0 atom stereocenters. The maximum absolute atomic E-state index is 11.6. The summed E-state index contributed by atoms with van der Waals surface area (Å²) in [5, 5.41) is 0.546. The van der Waals surface area contributed by atoms with Crippen LogP contribution < -0.4 is 5.73 Å². The highest BCUT2D eigenvalue weighted by atomic mass is 35.5. The van der Waals surface area contributed by atoms with E-state index >= 15 is 0 Å². The van der Waals surface area contributed by atoms with Crippen molar-refractivity contribution in [1.82, 2.24) is 4.37 Å². The second-order valence-electron chi connectivity index (χ2n) is 3.47. The van der Waals surface area contributed by atoms with Crippen LogP contribution in [0, 0.1) is 0 Å². The summed E-state index contributed by atoms with van der Waals surface area (Å²) < 4.78 is 9.09. The fraction of sp³-hybridized carbons (Fsp3) is 0.167. The van der Waals surface area contributed by atoms with E-state index in [0.717, 1.165) is 11.5 Å². The van der Waals surface area contributed by atoms with Crippen molar-refractivity contribution >= 4 is 34.8 Å². The maximum atomic E-state index is 11.6. The summed E-state index contributed by atoms with van der Waals surface area (Å²) in [6.07, 6.45) is 0. The third-order valence-electron chi connectivity index (χ3n) is 2.32. The lowest BCUT2D eigenvalue weighted by Gasteiger charge is -2.02. The summed E-state index contributed by atoms with van der Waals surface area (Å²) in [5.74, 6) is -0.453. The largest absolute Gasteiger partial charge is 0.462 e. The van der Waals surface area contributed by atoms with Crippen molar-refractivity contribution in [3.05, 3.63) is 34.2 Å². The molecule has 0 unspecified atom stereocenters. The van der Waals surface area contributed by atoms with Gasteiger partial charge in [0.15, 0.2) is 4.88 Å². The molecule has 0 spiro atoms. The highest BCUT2D eigenvalue weighted by Crippen LogP contribution is 2.35. The molecule has 0 aliphatic heterocycles. The van der Waals surface area contributed by atoms with Gasteiger partial charge in [0.2, 0.25) is 0 Å². The molecule has 2 rings (SSSR count). The van der Waals surface area contributed by atoms with Crippen LogP contribution in [0.15, 0.2) is 24.3 Å². The lowest BCUT2D eigenvalue weighted by molar-refractivity contribution is 0.0533. The Balaban J connectivity index is 2.43. The first-order chi connectivity index (χ1) is 8.65. The van der Waals surface area contributed by atoms with Gasteiger partial charge in [-0.15, -0.1) is 0 Å². The van der Waals surface area contributed by atoms with Gasteiger partial charge >= 0.3 is 5.97 Å². The average molecular weight is 283 g/mol. The van der Waals surface area contributed by atoms with Gasteiger partial charge in [0.25, 0.3) is 0 Å². The van der Waals surface area contributed by atoms with Crippen LogP contribution in [0.4, 0.5) is 5.69 Å². The predicted molar refractivity (Wildman–Crippen MR) is 72.9 cm³/mol. The van der Waals surface area contributed by atoms with Crippen molar-refractivity contribution in [2.24, 2.45) is 0 Å². The molecule has 2 aromatic rings. The number of anilines is 1. The van der Waals surface area contributed by atoms with Crippen molar-refractivity contribution in [3.63, 3.8) is 0 Å². The molecule has 4 nitrogen and oxygen atoms in total. The number of nitrogens with zero attached hydrogens (tertiary/aromatic N) is 1. The van der Waals surface area contributed by atoms with Crippen molar-refractivity contribution in [1.29, 1.82) is 0 Å². The van der Waals surface area contributed by atoms with Gasteiger partial charge in [-0.2, -0.15) is 4.37 Å². The number of hydrogen-bond donors (Lipinski definition) is 1. The van der Waals surface area contributed by atoms with Crippen molar-refractivity contribution < 1.29 is 9.53 Å². The Morgan fingerprint density at radius 1 is 1.50 bits per heavy atom. The standard InChI is InChI=1S/C12H11ClN2O2S/c1-2-17-12(16)11-9(14)10(15-18-11)7-5-3-4-6-8(7)13/h3-6H,2,14H2,1H3. The number of rotatable bonds is 3. The summed E-state index contributed by atoms with van der Waals surface area (Å²) in [4.78, 5) is 11.9. The van der Waals surface area contributed by atoms with Crippen LogP contribution in [0.2, 0.25) is 5.02 Å². The first kappa shape index (κ1) is 12.9. The van der Waals surface area contributed by atoms with E-state index in [-0.39, 0.29) is 0 Å². The summed E-state index contributed by atoms with van der Waals surface area (Å²) in [7, 11) is 0. The van der Waals surface area contributed by atoms with E-state index in [4.69, 9.17) is 22.1 Å². The molecule has 94 valence electrons. The summed E-state index contributed by atoms with van der Waals surface area (Å²) in [5.41, 5.74) is 7.47. The van der Waals surface area contributed by atoms with E-state index in [2.05, 4.69) is 4.37 Å². The Hall–Kier alpha value is -1.59. The number of halogens is 1. The van der Waals surface area contributed by atoms with E-state index in [1.807, 2.05) is 18.2 Å². The van der Waals surface area contributed by atoms with Crippen LogP contribution in [-0.4, -0.2) is 16.9 Å². The maximum Gasteiger partial charge on any atom is 0.352 e. The Morgan fingerprint density at radius 3 is 2.89 bits per heavy atom. The van der Waals surface area contributed by atoms with Gasteiger partial charge in [-0.1, -0.05) is 29.8 Å². The Kier molecular flexibility index (Phi) is 3.84. The third-order valence-corrected chi connectivity index (χ3v) is 3.49. The lowest BCUT2D eigenvalue weighted by atomic mass is 10.1. The number of hydrogen-bond acceptors (Lipinski definition) is 5. The van der Waals surface area contributed by atoms with Crippen molar-refractivity contribution in [2.75, 3.05) is 12.3 Å². The third kappa shape index (κ3) is 2.32. The van der Waals surface area contributed by atoms with E-state index in [1.165, 1.54) is 0 Å². The second kappa shape index (κ2) is 5.37. The number of benzene rings is 1. The summed E-state index contributed by atoms with van der Waals surface area (Å²) in [6, 6.07) is 7.22. The zero-order chi connectivity index (χ0) is 13.1. The molecule has 2 N–H and O–H groups in total. The Bertz CT molecular complexity index is 583. The molecule has 0 saturated carbocycles. The summed E-state index contributed by atoms with van der Waals surface area (Å²) >= 11 is 7.09. The number of carbonyl (C=O) groups is 1. The summed E-state index contributed by atoms with van der Waals surface area (Å²) in [6.45, 7) is 2.04. The van der Waals surface area contributed by atoms with Crippen molar-refractivity contribution in [3.8, 4) is 11.3 Å². The molecule has 18 heavy (non-hydrogen) atoms. The fourth-order valence-electron chi connectivity index (χ4n) is 1.49. The molecule has 0 saturated heterocycles. The second-order valence-corrected chi connectivity index (χ2v) is 4.65. The van der Waals surface area contributed by atoms with E-state index in [0.29, 0.717) is 33.5 Å². The van der Waals surface area contributed by atoms with E-state index < -0.39 is 5.97 Å². The van der Waals surface area contributed by atoms with Gasteiger partial charge in [0, 0.05) is 5.56 Å². The molecule has 0 aliphatic rings. The van der Waals surface area contributed by atoms with Gasteiger partial charge < -0.3 is 10.5 Å². The number of esters is 1. The molecule has 0 amide bonds. The fourth-order valence-corrected chi connectivity index (χ4v) is 2.42. The van der Waals surface area contributed by atoms with Gasteiger partial charge in [-0.25, -0.2) is 4.79 Å². The Labute approximate surface area is 114 Å². The number of ether oxygens (including phenoxy) is 1. The van der Waals surface area contributed by atoms with Gasteiger partial charge in [0.1, 0.15) is 5.69 Å². The van der Waals surface area contributed by atoms with E-state index in [1.54, 1.807) is 13.0 Å². The van der Waals surface area contributed by atoms with Gasteiger partial charge in [-0.3, -0.25) is 0 Å². The number of nitrogen functional groups attached to an aromatic ring is 1. The van der Waals surface area contributed by atoms with Crippen LogP contribution in [0.3, 0.4) is 0 Å². The first-order valence-electron chi connectivity index (χ1n) is 5.32. The zero-order valence-corrected chi connectivity index (χ0v) is 11.2. The zero-order valence-electron chi connectivity index (χ0n) is 9.64. The SMILES string of the molecule is CCOC(=O)c1snc(-c2ccccc2Cl)c1N. The number of carbonyl (C=O) groups excluding carboxylic acids is 1. The molecule has 6 heteroatoms. The highest BCUT2D eigenvalue weighted by Gasteiger charge is 2.20. The van der Waals surface area contributed by atoms with Gasteiger partial charge in [0.05, 0.1) is 17.3 Å². The molecule has 1 aromatic carbocycles. The molecule has 0 aliphatic carbocycles. The Morgan fingerprint density at radius 2 is 2.22 bits per heavy atom. The molecular formula is C12H11ClN2O2S. The highest BCUT2D eigenvalue weighted by molar-refractivity contribution is 7.09. The van der Waals surface area contributed by atoms with Crippen LogP contribution in [0.5, 0.6) is 0 Å². The quantitative estimate of drug-likeness (QED) is 0.878. The number of nitrogens with two attached hydrogens (primary N) is 1. The molecule has 0 fully saturated rings. The molecule has 0 bridgehead atoms. The van der Waals surface area contributed by atoms with Gasteiger partial charge in [-0.05, 0) is 24.5 Å². The minimum Gasteiger partial charge on any atom is -0.462 e. The van der Waals surface area contributed by atoms with Crippen LogP contribution in [0.25, 0.3) is 11.3 Å². The van der Waals surface area contributed by atoms with E-state index in [9.17, 15) is 4.79 Å². The molecule has 0 radical (unpaired) electrons. The topological polar surface area (TPSA) is 65.2 Å². The van der Waals surface area contributed by atoms with Crippen LogP contribution in [0.1, 0.15) is 16.6 Å². The van der Waals surface area contributed by atoms with Crippen LogP contribution in [-0.2, 0) is 4.74 Å². The average Bonchev–Trinajstić information content (AvgIpc) is 2.72. The smallest absolute Gasteiger partial charge is 0.352 e. The monoisotopic (exact) mass is 282 g/mol. The number of aromatic nitrogens is 1. The molecule has 1 aromatic heterocycles. The molecular weight excluding hydrogens is 272 g/mol. The van der Waals surface area contributed by atoms with Crippen molar-refractivity contribution in [2.45, 2.75) is 6.92 Å². The minimum absolute atomic E-state index is 0.303. The normalized spacial score (nSPS) is 10.3. The lowest BCUT2D eigenvalue weighted by Crippen LogP contribution is -2.05. The molecule has 1 heterocycles. The first-order valence-corrected chi connectivity index (χ1v) is 6.47. The van der Waals surface area contributed by atoms with Crippen LogP contribution >= 0.6 is 23.1 Å².